The fourth-order valence-electron chi connectivity index (χ4n) is 3.39. The summed E-state index contributed by atoms with van der Waals surface area (Å²) in [5.74, 6) is 2.53. The maximum absolute atomic E-state index is 6.25. The zero-order chi connectivity index (χ0) is 20.2. The number of aryl methyl sites for hydroxylation is 2. The van der Waals surface area contributed by atoms with E-state index in [0.29, 0.717) is 19.8 Å². The zero-order valence-electron chi connectivity index (χ0n) is 16.6. The van der Waals surface area contributed by atoms with E-state index < -0.39 is 0 Å². The minimum absolute atomic E-state index is 0.401. The van der Waals surface area contributed by atoms with Crippen LogP contribution in [0.2, 0.25) is 5.02 Å². The summed E-state index contributed by atoms with van der Waals surface area (Å²) in [4.78, 5) is 4.76. The smallest absolute Gasteiger partial charge is 0.148 e. The van der Waals surface area contributed by atoms with Crippen LogP contribution in [0.3, 0.4) is 0 Å². The van der Waals surface area contributed by atoms with Crippen molar-refractivity contribution in [3.63, 3.8) is 0 Å². The summed E-state index contributed by atoms with van der Waals surface area (Å²) in [6, 6.07) is 21.8. The molecule has 4 rings (SSSR count). The predicted octanol–water partition coefficient (Wildman–Crippen LogP) is 5.96. The lowest BCUT2D eigenvalue weighted by atomic mass is 10.1. The summed E-state index contributed by atoms with van der Waals surface area (Å²) < 4.78 is 14.1. The van der Waals surface area contributed by atoms with Crippen LogP contribution < -0.4 is 9.47 Å². The highest BCUT2D eigenvalue weighted by Crippen LogP contribution is 2.26. The third-order valence-electron chi connectivity index (χ3n) is 4.84. The van der Waals surface area contributed by atoms with E-state index in [4.69, 9.17) is 26.1 Å². The van der Waals surface area contributed by atoms with E-state index in [2.05, 4.69) is 10.6 Å². The molecule has 5 heteroatoms. The average Bonchev–Trinajstić information content (AvgIpc) is 3.09. The number of nitrogens with zero attached hydrogens (tertiary/aromatic N) is 2. The van der Waals surface area contributed by atoms with Gasteiger partial charge in [0.2, 0.25) is 0 Å². The van der Waals surface area contributed by atoms with Gasteiger partial charge in [0.15, 0.2) is 0 Å². The summed E-state index contributed by atoms with van der Waals surface area (Å²) >= 11 is 6.25. The van der Waals surface area contributed by atoms with Gasteiger partial charge < -0.3 is 14.0 Å². The Morgan fingerprint density at radius 1 is 0.862 bits per heavy atom. The van der Waals surface area contributed by atoms with E-state index in [-0.39, 0.29) is 0 Å². The zero-order valence-corrected chi connectivity index (χ0v) is 17.3. The third-order valence-corrected chi connectivity index (χ3v) is 5.43. The molecular formula is C24H23ClN2O2. The normalized spacial score (nSPS) is 11.0. The van der Waals surface area contributed by atoms with Crippen molar-refractivity contribution in [1.29, 1.82) is 0 Å². The van der Waals surface area contributed by atoms with Crippen LogP contribution in [-0.2, 0) is 13.2 Å². The molecule has 0 aliphatic heterocycles. The Hall–Kier alpha value is -2.98. The number of ether oxygens (including phenoxy) is 2. The molecule has 4 nitrogen and oxygen atoms in total. The lowest BCUT2D eigenvalue weighted by Crippen LogP contribution is -2.13. The van der Waals surface area contributed by atoms with Crippen molar-refractivity contribution in [3.05, 3.63) is 88.7 Å². The lowest BCUT2D eigenvalue weighted by molar-refractivity contribution is 0.272. The van der Waals surface area contributed by atoms with Crippen LogP contribution in [0, 0.1) is 13.8 Å². The quantitative estimate of drug-likeness (QED) is 0.379. The second-order valence-electron chi connectivity index (χ2n) is 6.99. The molecule has 3 aromatic carbocycles. The van der Waals surface area contributed by atoms with Gasteiger partial charge in [-0.05, 0) is 61.4 Å². The van der Waals surface area contributed by atoms with E-state index in [9.17, 15) is 0 Å². The molecule has 29 heavy (non-hydrogen) atoms. The lowest BCUT2D eigenvalue weighted by Gasteiger charge is -2.13. The summed E-state index contributed by atoms with van der Waals surface area (Å²) in [6.07, 6.45) is 0. The van der Waals surface area contributed by atoms with Gasteiger partial charge in [-0.15, -0.1) is 0 Å². The molecule has 0 bridgehead atoms. The van der Waals surface area contributed by atoms with Gasteiger partial charge in [0.25, 0.3) is 0 Å². The van der Waals surface area contributed by atoms with Crippen molar-refractivity contribution in [1.82, 2.24) is 9.55 Å². The number of imidazole rings is 1. The number of rotatable bonds is 7. The van der Waals surface area contributed by atoms with Crippen molar-refractivity contribution in [2.45, 2.75) is 27.0 Å². The first-order valence-electron chi connectivity index (χ1n) is 9.63. The van der Waals surface area contributed by atoms with Gasteiger partial charge in [0.05, 0.1) is 17.6 Å². The van der Waals surface area contributed by atoms with Crippen LogP contribution in [-0.4, -0.2) is 16.2 Å². The first kappa shape index (κ1) is 19.3. The van der Waals surface area contributed by atoms with Crippen LogP contribution in [0.15, 0.2) is 66.7 Å². The van der Waals surface area contributed by atoms with E-state index >= 15 is 0 Å². The van der Waals surface area contributed by atoms with Gasteiger partial charge >= 0.3 is 0 Å². The van der Waals surface area contributed by atoms with E-state index in [0.717, 1.165) is 44.5 Å². The van der Waals surface area contributed by atoms with Gasteiger partial charge in [0, 0.05) is 5.02 Å². The number of hydrogen-bond donors (Lipinski definition) is 0. The standard InChI is InChI=1S/C24H23ClN2O2/c1-17-14-20(15-18(2)24(17)25)28-13-12-27-22-11-7-6-10-21(22)26-23(27)16-29-19-8-4-3-5-9-19/h3-11,14-15H,12-13,16H2,1-2H3. The van der Waals surface area contributed by atoms with E-state index in [1.165, 1.54) is 0 Å². The Balaban J connectivity index is 1.51. The largest absolute Gasteiger partial charge is 0.492 e. The number of benzene rings is 3. The number of hydrogen-bond acceptors (Lipinski definition) is 3. The molecular weight excluding hydrogens is 384 g/mol. The molecule has 0 unspecified atom stereocenters. The minimum Gasteiger partial charge on any atom is -0.492 e. The maximum atomic E-state index is 6.25. The highest BCUT2D eigenvalue weighted by Gasteiger charge is 2.12. The van der Waals surface area contributed by atoms with Crippen LogP contribution in [0.1, 0.15) is 17.0 Å². The molecule has 0 saturated heterocycles. The van der Waals surface area contributed by atoms with E-state index in [1.54, 1.807) is 0 Å². The van der Waals surface area contributed by atoms with Crippen LogP contribution in [0.5, 0.6) is 11.5 Å². The second-order valence-corrected chi connectivity index (χ2v) is 7.37. The summed E-state index contributed by atoms with van der Waals surface area (Å²) in [5, 5.41) is 0.790. The second kappa shape index (κ2) is 8.58. The Morgan fingerprint density at radius 2 is 1.55 bits per heavy atom. The van der Waals surface area contributed by atoms with Gasteiger partial charge in [-0.1, -0.05) is 41.9 Å². The fraction of sp³-hybridized carbons (Fsp3) is 0.208. The van der Waals surface area contributed by atoms with Gasteiger partial charge in [0.1, 0.15) is 30.5 Å². The van der Waals surface area contributed by atoms with Gasteiger partial charge in [-0.3, -0.25) is 0 Å². The van der Waals surface area contributed by atoms with Crippen molar-refractivity contribution in [2.24, 2.45) is 0 Å². The SMILES string of the molecule is Cc1cc(OCCn2c(COc3ccccc3)nc3ccccc32)cc(C)c1Cl. The number of para-hydroxylation sites is 3. The summed E-state index contributed by atoms with van der Waals surface area (Å²) in [5.41, 5.74) is 4.07. The summed E-state index contributed by atoms with van der Waals surface area (Å²) in [6.45, 7) is 5.58. The first-order valence-corrected chi connectivity index (χ1v) is 10.0. The average molecular weight is 407 g/mol. The predicted molar refractivity (Wildman–Crippen MR) is 117 cm³/mol. The summed E-state index contributed by atoms with van der Waals surface area (Å²) in [7, 11) is 0. The van der Waals surface area contributed by atoms with Crippen molar-refractivity contribution in [2.75, 3.05) is 6.61 Å². The highest BCUT2D eigenvalue weighted by atomic mass is 35.5. The van der Waals surface area contributed by atoms with Crippen molar-refractivity contribution < 1.29 is 9.47 Å². The molecule has 1 aromatic heterocycles. The topological polar surface area (TPSA) is 36.3 Å². The number of fused-ring (bicyclic) bond motifs is 1. The third kappa shape index (κ3) is 4.38. The fourth-order valence-corrected chi connectivity index (χ4v) is 3.50. The Morgan fingerprint density at radius 3 is 2.31 bits per heavy atom. The molecule has 0 aliphatic carbocycles. The Labute approximate surface area is 175 Å². The van der Waals surface area contributed by atoms with Gasteiger partial charge in [-0.2, -0.15) is 0 Å². The van der Waals surface area contributed by atoms with Crippen LogP contribution >= 0.6 is 11.6 Å². The van der Waals surface area contributed by atoms with E-state index in [1.807, 2.05) is 74.5 Å². The molecule has 0 amide bonds. The number of aromatic nitrogens is 2. The molecule has 0 radical (unpaired) electrons. The first-order chi connectivity index (χ1) is 14.1. The van der Waals surface area contributed by atoms with Crippen LogP contribution in [0.25, 0.3) is 11.0 Å². The molecule has 0 aliphatic rings. The van der Waals surface area contributed by atoms with Crippen LogP contribution in [0.4, 0.5) is 0 Å². The molecule has 0 spiro atoms. The Bertz CT molecular complexity index is 1100. The molecule has 0 N–H and O–H groups in total. The highest BCUT2D eigenvalue weighted by molar-refractivity contribution is 6.32. The minimum atomic E-state index is 0.401. The monoisotopic (exact) mass is 406 g/mol. The molecule has 4 aromatic rings. The van der Waals surface area contributed by atoms with Crippen molar-refractivity contribution >= 4 is 22.6 Å². The molecule has 0 saturated carbocycles. The van der Waals surface area contributed by atoms with Crippen molar-refractivity contribution in [3.8, 4) is 11.5 Å². The molecule has 148 valence electrons. The Kier molecular flexibility index (Phi) is 5.72. The van der Waals surface area contributed by atoms with Gasteiger partial charge in [-0.25, -0.2) is 4.98 Å². The molecule has 1 heterocycles. The molecule has 0 atom stereocenters. The number of halogens is 1. The maximum Gasteiger partial charge on any atom is 0.148 e. The molecule has 0 fully saturated rings.